The molecule has 1 aliphatic carbocycles. The SMILES string of the molecule is COc1cc(C(F)(F)F)cc(C)c1-c1ccc2oc(NC3CCCC(N(C)C(=O)OC(C)(C)C)C3)nc2n1. The quantitative estimate of drug-likeness (QED) is 0.384. The lowest BCUT2D eigenvalue weighted by Crippen LogP contribution is -2.45. The van der Waals surface area contributed by atoms with Crippen LogP contribution in [-0.4, -0.2) is 52.8 Å². The Morgan fingerprint density at radius 1 is 1.16 bits per heavy atom. The summed E-state index contributed by atoms with van der Waals surface area (Å²) >= 11 is 0. The lowest BCUT2D eigenvalue weighted by molar-refractivity contribution is -0.137. The monoisotopic (exact) mass is 534 g/mol. The number of carbonyl (C=O) groups is 1. The molecule has 1 N–H and O–H groups in total. The normalized spacial score (nSPS) is 18.3. The lowest BCUT2D eigenvalue weighted by atomic mass is 9.90. The number of nitrogens with zero attached hydrogens (tertiary/aromatic N) is 3. The predicted molar refractivity (Wildman–Crippen MR) is 137 cm³/mol. The van der Waals surface area contributed by atoms with Crippen LogP contribution in [0, 0.1) is 6.92 Å². The zero-order valence-corrected chi connectivity index (χ0v) is 22.4. The summed E-state index contributed by atoms with van der Waals surface area (Å²) in [5.41, 5.74) is 0.686. The van der Waals surface area contributed by atoms with E-state index in [1.54, 1.807) is 31.0 Å². The van der Waals surface area contributed by atoms with Crippen LogP contribution in [0.2, 0.25) is 0 Å². The van der Waals surface area contributed by atoms with Gasteiger partial charge in [-0.15, -0.1) is 0 Å². The number of oxazole rings is 1. The summed E-state index contributed by atoms with van der Waals surface area (Å²) in [5, 5.41) is 3.31. The molecule has 2 atom stereocenters. The van der Waals surface area contributed by atoms with Gasteiger partial charge in [-0.1, -0.05) is 0 Å². The summed E-state index contributed by atoms with van der Waals surface area (Å²) in [6.45, 7) is 7.10. The molecule has 2 aromatic heterocycles. The van der Waals surface area contributed by atoms with E-state index in [1.807, 2.05) is 20.8 Å². The van der Waals surface area contributed by atoms with Crippen molar-refractivity contribution in [3.63, 3.8) is 0 Å². The number of nitrogens with one attached hydrogen (secondary N) is 1. The van der Waals surface area contributed by atoms with E-state index in [9.17, 15) is 18.0 Å². The molecule has 2 unspecified atom stereocenters. The third-order valence-corrected chi connectivity index (χ3v) is 6.56. The topological polar surface area (TPSA) is 89.7 Å². The molecule has 11 heteroatoms. The van der Waals surface area contributed by atoms with Gasteiger partial charge < -0.3 is 24.1 Å². The van der Waals surface area contributed by atoms with Gasteiger partial charge in [0.05, 0.1) is 18.4 Å². The summed E-state index contributed by atoms with van der Waals surface area (Å²) in [5.74, 6) is 0.0772. The molecular formula is C27H33F3N4O4. The number of anilines is 1. The molecule has 4 rings (SSSR count). The second-order valence-corrected chi connectivity index (χ2v) is 10.7. The molecule has 38 heavy (non-hydrogen) atoms. The molecule has 0 bridgehead atoms. The molecule has 1 saturated carbocycles. The Labute approximate surface area is 219 Å². The lowest BCUT2D eigenvalue weighted by Gasteiger charge is -2.36. The van der Waals surface area contributed by atoms with Crippen LogP contribution in [-0.2, 0) is 10.9 Å². The van der Waals surface area contributed by atoms with Gasteiger partial charge in [0.25, 0.3) is 6.01 Å². The summed E-state index contributed by atoms with van der Waals surface area (Å²) in [6, 6.07) is 5.74. The number of alkyl halides is 3. The number of methoxy groups -OCH3 is 1. The van der Waals surface area contributed by atoms with Crippen LogP contribution in [0.1, 0.15) is 57.6 Å². The molecule has 1 aliphatic rings. The molecular weight excluding hydrogens is 501 g/mol. The van der Waals surface area contributed by atoms with Crippen LogP contribution in [0.4, 0.5) is 24.0 Å². The highest BCUT2D eigenvalue weighted by atomic mass is 19.4. The van der Waals surface area contributed by atoms with Crippen LogP contribution >= 0.6 is 0 Å². The Morgan fingerprint density at radius 2 is 1.89 bits per heavy atom. The maximum atomic E-state index is 13.3. The van der Waals surface area contributed by atoms with E-state index in [1.165, 1.54) is 7.11 Å². The maximum absolute atomic E-state index is 13.3. The van der Waals surface area contributed by atoms with Gasteiger partial charge in [0.1, 0.15) is 11.4 Å². The highest BCUT2D eigenvalue weighted by Gasteiger charge is 2.33. The minimum Gasteiger partial charge on any atom is -0.496 e. The first-order valence-corrected chi connectivity index (χ1v) is 12.5. The second-order valence-electron chi connectivity index (χ2n) is 10.7. The first-order chi connectivity index (χ1) is 17.7. The van der Waals surface area contributed by atoms with E-state index in [-0.39, 0.29) is 23.9 Å². The third-order valence-electron chi connectivity index (χ3n) is 6.56. The smallest absolute Gasteiger partial charge is 0.416 e. The van der Waals surface area contributed by atoms with Crippen LogP contribution in [0.25, 0.3) is 22.5 Å². The zero-order valence-electron chi connectivity index (χ0n) is 22.4. The maximum Gasteiger partial charge on any atom is 0.416 e. The highest BCUT2D eigenvalue weighted by Crippen LogP contribution is 2.39. The van der Waals surface area contributed by atoms with E-state index in [0.717, 1.165) is 31.4 Å². The van der Waals surface area contributed by atoms with Crippen molar-refractivity contribution in [3.05, 3.63) is 35.4 Å². The Balaban J connectivity index is 1.52. The van der Waals surface area contributed by atoms with Gasteiger partial charge in [-0.05, 0) is 83.2 Å². The predicted octanol–water partition coefficient (Wildman–Crippen LogP) is 6.82. The Hall–Kier alpha value is -3.50. The number of carbonyl (C=O) groups excluding carboxylic acids is 1. The van der Waals surface area contributed by atoms with E-state index >= 15 is 0 Å². The number of hydrogen-bond acceptors (Lipinski definition) is 7. The third kappa shape index (κ3) is 6.14. The van der Waals surface area contributed by atoms with Gasteiger partial charge >= 0.3 is 12.3 Å². The van der Waals surface area contributed by atoms with Crippen molar-refractivity contribution in [2.45, 2.75) is 77.2 Å². The number of aryl methyl sites for hydroxylation is 1. The number of hydrogen-bond donors (Lipinski definition) is 1. The average molecular weight is 535 g/mol. The van der Waals surface area contributed by atoms with E-state index in [4.69, 9.17) is 13.9 Å². The fraction of sp³-hybridized carbons (Fsp3) is 0.519. The van der Waals surface area contributed by atoms with E-state index in [2.05, 4.69) is 15.3 Å². The second kappa shape index (κ2) is 10.3. The number of aromatic nitrogens is 2. The standard InChI is InChI=1S/C27H33F3N4O4/c1-15-12-16(27(28,29)30)13-21(36-6)22(15)19-10-11-20-23(32-19)33-24(37-20)31-17-8-7-9-18(14-17)34(5)25(35)38-26(2,3)4/h10-13,17-18H,7-9,14H2,1-6H3,(H,31,32,33). The fourth-order valence-electron chi connectivity index (χ4n) is 4.73. The molecule has 0 saturated heterocycles. The van der Waals surface area contributed by atoms with Crippen molar-refractivity contribution >= 4 is 23.3 Å². The highest BCUT2D eigenvalue weighted by molar-refractivity contribution is 5.79. The van der Waals surface area contributed by atoms with Crippen molar-refractivity contribution in [3.8, 4) is 17.0 Å². The molecule has 8 nitrogen and oxygen atoms in total. The number of ether oxygens (including phenoxy) is 2. The molecule has 206 valence electrons. The molecule has 2 heterocycles. The largest absolute Gasteiger partial charge is 0.496 e. The average Bonchev–Trinajstić information content (AvgIpc) is 3.22. The van der Waals surface area contributed by atoms with Crippen molar-refractivity contribution in [2.24, 2.45) is 0 Å². The zero-order chi connectivity index (χ0) is 27.8. The molecule has 0 spiro atoms. The van der Waals surface area contributed by atoms with Crippen molar-refractivity contribution < 1.29 is 31.9 Å². The van der Waals surface area contributed by atoms with E-state index < -0.39 is 17.3 Å². The molecule has 0 radical (unpaired) electrons. The van der Waals surface area contributed by atoms with Gasteiger partial charge in [-0.25, -0.2) is 9.78 Å². The summed E-state index contributed by atoms with van der Waals surface area (Å²) in [7, 11) is 3.08. The minimum atomic E-state index is -4.49. The Morgan fingerprint density at radius 3 is 2.55 bits per heavy atom. The van der Waals surface area contributed by atoms with Gasteiger partial charge in [-0.3, -0.25) is 0 Å². The summed E-state index contributed by atoms with van der Waals surface area (Å²) < 4.78 is 56.4. The van der Waals surface area contributed by atoms with Crippen molar-refractivity contribution in [2.75, 3.05) is 19.5 Å². The molecule has 1 fully saturated rings. The van der Waals surface area contributed by atoms with Gasteiger partial charge in [0.2, 0.25) is 5.65 Å². The van der Waals surface area contributed by atoms with Crippen molar-refractivity contribution in [1.82, 2.24) is 14.9 Å². The number of benzene rings is 1. The van der Waals surface area contributed by atoms with Gasteiger partial charge in [-0.2, -0.15) is 18.2 Å². The Bertz CT molecular complexity index is 1320. The van der Waals surface area contributed by atoms with Gasteiger partial charge in [0.15, 0.2) is 5.58 Å². The summed E-state index contributed by atoms with van der Waals surface area (Å²) in [4.78, 5) is 23.2. The van der Waals surface area contributed by atoms with E-state index in [0.29, 0.717) is 40.5 Å². The fourth-order valence-corrected chi connectivity index (χ4v) is 4.73. The number of fused-ring (bicyclic) bond motifs is 1. The number of halogens is 3. The first kappa shape index (κ1) is 27.5. The van der Waals surface area contributed by atoms with Crippen molar-refractivity contribution in [1.29, 1.82) is 0 Å². The summed E-state index contributed by atoms with van der Waals surface area (Å²) in [6.07, 6.45) is -1.45. The number of amides is 1. The Kier molecular flexibility index (Phi) is 7.49. The van der Waals surface area contributed by atoms with Crippen LogP contribution in [0.3, 0.4) is 0 Å². The van der Waals surface area contributed by atoms with Crippen LogP contribution < -0.4 is 10.1 Å². The molecule has 1 aromatic carbocycles. The molecule has 3 aromatic rings. The molecule has 0 aliphatic heterocycles. The number of pyridine rings is 1. The van der Waals surface area contributed by atoms with Crippen LogP contribution in [0.15, 0.2) is 28.7 Å². The van der Waals surface area contributed by atoms with Gasteiger partial charge in [0, 0.05) is 24.7 Å². The minimum absolute atomic E-state index is 0.0142. The molecule has 1 amide bonds. The van der Waals surface area contributed by atoms with Crippen LogP contribution in [0.5, 0.6) is 5.75 Å². The first-order valence-electron chi connectivity index (χ1n) is 12.5. The number of rotatable bonds is 5.